The van der Waals surface area contributed by atoms with E-state index in [-0.39, 0.29) is 16.9 Å². The van der Waals surface area contributed by atoms with Gasteiger partial charge in [0.1, 0.15) is 0 Å². The van der Waals surface area contributed by atoms with Crippen LogP contribution in [0.15, 0.2) is 0 Å². The molecule has 0 fully saturated rings. The van der Waals surface area contributed by atoms with Crippen molar-refractivity contribution in [1.29, 1.82) is 0 Å². The molecule has 0 radical (unpaired) electrons. The lowest BCUT2D eigenvalue weighted by atomic mass is 11.0. The third-order valence-corrected chi connectivity index (χ3v) is 0.586. The summed E-state index contributed by atoms with van der Waals surface area (Å²) in [6.07, 6.45) is 0. The van der Waals surface area contributed by atoms with E-state index in [1.165, 1.54) is 14.1 Å². The van der Waals surface area contributed by atoms with Crippen molar-refractivity contribution in [3.05, 3.63) is 10.4 Å². The van der Waals surface area contributed by atoms with Gasteiger partial charge in [-0.3, -0.25) is 5.17 Å². The Labute approximate surface area is 48.0 Å². The lowest BCUT2D eigenvalue weighted by Crippen LogP contribution is -3.18. The Hall–Kier alpha value is -0.200. The van der Waals surface area contributed by atoms with Gasteiger partial charge in [0.15, 0.2) is 6.67 Å². The highest BCUT2D eigenvalue weighted by molar-refractivity contribution is 4.06. The van der Waals surface area contributed by atoms with Crippen LogP contribution in [0.3, 0.4) is 0 Å². The third-order valence-electron chi connectivity index (χ3n) is 0.586. The molecule has 0 aromatic rings. The molecule has 0 aliphatic heterocycles. The van der Waals surface area contributed by atoms with Gasteiger partial charge in [0, 0.05) is 0 Å². The van der Waals surface area contributed by atoms with Crippen LogP contribution in [0.25, 0.3) is 0 Å². The number of rotatable bonds is 3. The Morgan fingerprint density at radius 1 is 1.38 bits per heavy atom. The lowest BCUT2D eigenvalue weighted by Gasteiger charge is -2.21. The number of hydrogen-bond donors (Lipinski definition) is 3. The van der Waals surface area contributed by atoms with Crippen molar-refractivity contribution in [3.63, 3.8) is 0 Å². The van der Waals surface area contributed by atoms with Gasteiger partial charge in [0.25, 0.3) is 0 Å². The zero-order chi connectivity index (χ0) is 6.57. The zero-order valence-corrected chi connectivity index (χ0v) is 5.02. The Morgan fingerprint density at radius 2 is 1.88 bits per heavy atom. The van der Waals surface area contributed by atoms with Gasteiger partial charge in [-0.25, -0.2) is 0 Å². The number of hydrogen-bond acceptors (Lipinski definition) is 3. The van der Waals surface area contributed by atoms with Gasteiger partial charge in [-0.15, -0.1) is 5.43 Å². The molecule has 0 aromatic carbocycles. The standard InChI is InChI=1S/C3H11N3O2/c1-5(7)3-4-6(2)8/h4-6H,3H2,1-2H3. The summed E-state index contributed by atoms with van der Waals surface area (Å²) < 4.78 is 0. The highest BCUT2D eigenvalue weighted by atomic mass is 16.5. The zero-order valence-electron chi connectivity index (χ0n) is 5.02. The molecule has 2 unspecified atom stereocenters. The van der Waals surface area contributed by atoms with Crippen molar-refractivity contribution >= 4 is 0 Å². The molecule has 50 valence electrons. The highest BCUT2D eigenvalue weighted by Gasteiger charge is 1.86. The normalized spacial score (nSPS) is 18.0. The predicted molar refractivity (Wildman–Crippen MR) is 28.5 cm³/mol. The van der Waals surface area contributed by atoms with Crippen molar-refractivity contribution in [1.82, 2.24) is 5.43 Å². The minimum atomic E-state index is -0.166. The molecule has 0 aliphatic rings. The van der Waals surface area contributed by atoms with Crippen LogP contribution in [0, 0.1) is 10.4 Å². The van der Waals surface area contributed by atoms with Gasteiger partial charge >= 0.3 is 0 Å². The molecule has 5 nitrogen and oxygen atoms in total. The first-order valence-electron chi connectivity index (χ1n) is 2.37. The molecular weight excluding hydrogens is 110 g/mol. The van der Waals surface area contributed by atoms with Gasteiger partial charge < -0.3 is 15.5 Å². The summed E-state index contributed by atoms with van der Waals surface area (Å²) in [5.74, 6) is 0. The predicted octanol–water partition coefficient (Wildman–Crippen LogP) is -3.53. The van der Waals surface area contributed by atoms with E-state index in [1.807, 2.05) is 0 Å². The van der Waals surface area contributed by atoms with Gasteiger partial charge in [0.2, 0.25) is 0 Å². The maximum absolute atomic E-state index is 10.1. The van der Waals surface area contributed by atoms with Crippen LogP contribution in [-0.4, -0.2) is 20.8 Å². The molecular formula is C3H11N3O2. The Bertz CT molecular complexity index is 48.5. The first-order chi connectivity index (χ1) is 3.63. The second-order valence-corrected chi connectivity index (χ2v) is 1.61. The van der Waals surface area contributed by atoms with Gasteiger partial charge in [0.05, 0.1) is 14.1 Å². The summed E-state index contributed by atoms with van der Waals surface area (Å²) in [7, 11) is 2.80. The fraction of sp³-hybridized carbons (Fsp3) is 1.00. The smallest absolute Gasteiger partial charge is 0.173 e. The van der Waals surface area contributed by atoms with Crippen molar-refractivity contribution in [2.24, 2.45) is 0 Å². The van der Waals surface area contributed by atoms with Crippen molar-refractivity contribution < 1.29 is 10.2 Å². The molecule has 0 bridgehead atoms. The molecule has 8 heavy (non-hydrogen) atoms. The largest absolute Gasteiger partial charge is 0.633 e. The van der Waals surface area contributed by atoms with Crippen molar-refractivity contribution in [2.45, 2.75) is 0 Å². The molecule has 0 aromatic heterocycles. The maximum atomic E-state index is 10.1. The first-order valence-corrected chi connectivity index (χ1v) is 2.37. The van der Waals surface area contributed by atoms with E-state index in [2.05, 4.69) is 5.43 Å². The molecule has 0 amide bonds. The minimum absolute atomic E-state index is 0.0276. The monoisotopic (exact) mass is 121 g/mol. The quantitative estimate of drug-likeness (QED) is 0.268. The van der Waals surface area contributed by atoms with E-state index in [1.54, 1.807) is 0 Å². The Balaban J connectivity index is 2.93. The number of quaternary nitrogens is 2. The lowest BCUT2D eigenvalue weighted by molar-refractivity contribution is -0.929. The fourth-order valence-electron chi connectivity index (χ4n) is 0.249. The van der Waals surface area contributed by atoms with E-state index in [0.717, 1.165) is 0 Å². The van der Waals surface area contributed by atoms with Crippen molar-refractivity contribution in [3.8, 4) is 0 Å². The van der Waals surface area contributed by atoms with Gasteiger partial charge in [-0.05, 0) is 0 Å². The topological polar surface area (TPSA) is 67.0 Å². The molecule has 0 saturated heterocycles. The average molecular weight is 121 g/mol. The van der Waals surface area contributed by atoms with Crippen LogP contribution < -0.4 is 15.7 Å². The second-order valence-electron chi connectivity index (χ2n) is 1.61. The van der Waals surface area contributed by atoms with Crippen LogP contribution in [0.1, 0.15) is 0 Å². The third kappa shape index (κ3) is 5.80. The summed E-state index contributed by atoms with van der Waals surface area (Å²) in [5, 5.41) is 20.0. The fourth-order valence-corrected chi connectivity index (χ4v) is 0.249. The highest BCUT2D eigenvalue weighted by Crippen LogP contribution is 1.21. The number of nitrogens with one attached hydrogen (secondary N) is 3. The molecule has 3 N–H and O–H groups in total. The van der Waals surface area contributed by atoms with E-state index >= 15 is 0 Å². The van der Waals surface area contributed by atoms with E-state index < -0.39 is 0 Å². The summed E-state index contributed by atoms with van der Waals surface area (Å²) in [6.45, 7) is 0.148. The summed E-state index contributed by atoms with van der Waals surface area (Å²) >= 11 is 0. The van der Waals surface area contributed by atoms with Crippen molar-refractivity contribution in [2.75, 3.05) is 20.8 Å². The summed E-state index contributed by atoms with van der Waals surface area (Å²) in [6, 6.07) is 0. The Kier molecular flexibility index (Phi) is 3.67. The van der Waals surface area contributed by atoms with Gasteiger partial charge in [-0.1, -0.05) is 0 Å². The molecule has 2 atom stereocenters. The van der Waals surface area contributed by atoms with Crippen LogP contribution in [0.5, 0.6) is 0 Å². The van der Waals surface area contributed by atoms with Crippen LogP contribution in [0.4, 0.5) is 0 Å². The maximum Gasteiger partial charge on any atom is 0.173 e. The molecule has 0 spiro atoms. The van der Waals surface area contributed by atoms with Gasteiger partial charge in [-0.2, -0.15) is 0 Å². The Morgan fingerprint density at radius 3 is 2.00 bits per heavy atom. The van der Waals surface area contributed by atoms with Crippen LogP contribution in [-0.2, 0) is 0 Å². The molecule has 0 rings (SSSR count). The van der Waals surface area contributed by atoms with E-state index in [0.29, 0.717) is 0 Å². The summed E-state index contributed by atoms with van der Waals surface area (Å²) in [4.78, 5) is 0. The molecule has 0 saturated carbocycles. The minimum Gasteiger partial charge on any atom is -0.633 e. The molecule has 5 heteroatoms. The van der Waals surface area contributed by atoms with E-state index in [9.17, 15) is 10.4 Å². The number of hydroxylamine groups is 3. The SMILES string of the molecule is C[NH+]([O-])CN[NH+](C)[O-]. The molecule has 0 aliphatic carbocycles. The summed E-state index contributed by atoms with van der Waals surface area (Å²) in [5.41, 5.74) is 2.36. The first kappa shape index (κ1) is 7.80. The van der Waals surface area contributed by atoms with Crippen LogP contribution in [0.2, 0.25) is 0 Å². The second kappa shape index (κ2) is 3.76. The van der Waals surface area contributed by atoms with Crippen LogP contribution >= 0.6 is 0 Å². The average Bonchev–Trinajstić information content (AvgIpc) is 1.61. The van der Waals surface area contributed by atoms with E-state index in [4.69, 9.17) is 0 Å². The molecule has 0 heterocycles.